The van der Waals surface area contributed by atoms with Gasteiger partial charge in [0.05, 0.1) is 26.6 Å². The van der Waals surface area contributed by atoms with Crippen molar-refractivity contribution in [1.82, 2.24) is 10.7 Å². The highest BCUT2D eigenvalue weighted by atomic mass is 127. The van der Waals surface area contributed by atoms with Crippen LogP contribution < -0.4 is 10.7 Å². The predicted molar refractivity (Wildman–Crippen MR) is 139 cm³/mol. The fourth-order valence-corrected chi connectivity index (χ4v) is 4.23. The molecule has 0 aliphatic rings. The topological polar surface area (TPSA) is 109 Å². The Balaban J connectivity index is 2.02. The van der Waals surface area contributed by atoms with E-state index in [4.69, 9.17) is 9.47 Å². The average molecular weight is 665 g/mol. The third-order valence-electron chi connectivity index (χ3n) is 3.83. The van der Waals surface area contributed by atoms with Crippen molar-refractivity contribution in [2.45, 2.75) is 39.0 Å². The molecule has 2 rings (SSSR count). The number of carbonyl (C=O) groups excluding carboxylic acids is 2. The lowest BCUT2D eigenvalue weighted by atomic mass is 10.2. The maximum Gasteiger partial charge on any atom is 0.408 e. The number of nitrogens with zero attached hydrogens (tertiary/aromatic N) is 1. The van der Waals surface area contributed by atoms with Crippen LogP contribution >= 0.6 is 45.2 Å². The van der Waals surface area contributed by atoms with Gasteiger partial charge in [-0.3, -0.25) is 4.79 Å². The molecule has 0 heterocycles. The number of ether oxygens (including phenoxy) is 2. The van der Waals surface area contributed by atoms with E-state index in [0.717, 1.165) is 5.56 Å². The normalized spacial score (nSPS) is 12.4. The van der Waals surface area contributed by atoms with Crippen LogP contribution in [0.3, 0.4) is 0 Å². The number of amides is 2. The first-order chi connectivity index (χ1) is 15.0. The minimum atomic E-state index is -1.01. The van der Waals surface area contributed by atoms with E-state index in [9.17, 15) is 14.7 Å². The van der Waals surface area contributed by atoms with E-state index in [-0.39, 0.29) is 19.0 Å². The van der Waals surface area contributed by atoms with Crippen molar-refractivity contribution in [3.8, 4) is 5.75 Å². The van der Waals surface area contributed by atoms with Crippen LogP contribution in [0.25, 0.3) is 0 Å². The largest absolute Gasteiger partial charge is 0.506 e. The zero-order valence-corrected chi connectivity index (χ0v) is 22.2. The van der Waals surface area contributed by atoms with Gasteiger partial charge in [-0.1, -0.05) is 30.3 Å². The molecule has 3 N–H and O–H groups in total. The van der Waals surface area contributed by atoms with Gasteiger partial charge in [-0.05, 0) is 89.2 Å². The molecule has 0 aromatic heterocycles. The van der Waals surface area contributed by atoms with Crippen molar-refractivity contribution in [1.29, 1.82) is 0 Å². The number of hydrogen-bond donors (Lipinski definition) is 3. The van der Waals surface area contributed by atoms with Crippen LogP contribution in [0.1, 0.15) is 31.9 Å². The minimum absolute atomic E-state index is 0.0650. The second-order valence-electron chi connectivity index (χ2n) is 7.77. The zero-order chi connectivity index (χ0) is 23.7. The van der Waals surface area contributed by atoms with Crippen LogP contribution in [-0.4, -0.2) is 41.6 Å². The Bertz CT molecular complexity index is 939. The molecule has 1 atom stereocenters. The van der Waals surface area contributed by atoms with E-state index in [1.165, 1.54) is 6.21 Å². The summed E-state index contributed by atoms with van der Waals surface area (Å²) in [5.41, 5.74) is 3.35. The second kappa shape index (κ2) is 12.3. The number of nitrogens with one attached hydrogen (secondary N) is 2. The van der Waals surface area contributed by atoms with Gasteiger partial charge in [0, 0.05) is 0 Å². The summed E-state index contributed by atoms with van der Waals surface area (Å²) in [5.74, 6) is -0.354. The van der Waals surface area contributed by atoms with Crippen molar-refractivity contribution in [3.63, 3.8) is 0 Å². The molecule has 2 aromatic rings. The molecule has 0 saturated heterocycles. The fraction of sp³-hybridized carbons (Fsp3) is 0.318. The first-order valence-electron chi connectivity index (χ1n) is 9.67. The van der Waals surface area contributed by atoms with Gasteiger partial charge in [0.25, 0.3) is 5.91 Å². The summed E-state index contributed by atoms with van der Waals surface area (Å²) in [7, 11) is 0. The molecule has 0 aliphatic heterocycles. The molecule has 0 aliphatic carbocycles. The fourth-order valence-electron chi connectivity index (χ4n) is 2.41. The number of carbonyl (C=O) groups is 2. The quantitative estimate of drug-likeness (QED) is 0.223. The van der Waals surface area contributed by atoms with E-state index in [1.54, 1.807) is 32.9 Å². The standard InChI is InChI=1S/C22H25I2N3O5/c1-22(2,3)32-21(30)26-18(13-31-12-14-7-5-4-6-8-14)20(29)27-25-11-15-9-16(23)19(28)17(24)10-15/h4-11,18,28H,12-13H2,1-3H3,(H,26,30)(H,27,29)/b25-11-/t18-/m0/s1. The van der Waals surface area contributed by atoms with Crippen molar-refractivity contribution < 1.29 is 24.2 Å². The van der Waals surface area contributed by atoms with E-state index in [0.29, 0.717) is 12.7 Å². The number of halogens is 2. The van der Waals surface area contributed by atoms with Gasteiger partial charge < -0.3 is 19.9 Å². The lowest BCUT2D eigenvalue weighted by molar-refractivity contribution is -0.124. The highest BCUT2D eigenvalue weighted by molar-refractivity contribution is 14.1. The summed E-state index contributed by atoms with van der Waals surface area (Å²) in [6, 6.07) is 11.9. The third-order valence-corrected chi connectivity index (χ3v) is 5.48. The second-order valence-corrected chi connectivity index (χ2v) is 10.1. The number of aromatic hydroxyl groups is 1. The van der Waals surface area contributed by atoms with E-state index < -0.39 is 23.6 Å². The molecule has 0 unspecified atom stereocenters. The molecule has 10 heteroatoms. The number of phenolic OH excluding ortho intramolecular Hbond substituents is 1. The van der Waals surface area contributed by atoms with Crippen LogP contribution in [0.2, 0.25) is 0 Å². The molecule has 0 radical (unpaired) electrons. The molecule has 0 spiro atoms. The highest BCUT2D eigenvalue weighted by Crippen LogP contribution is 2.26. The summed E-state index contributed by atoms with van der Waals surface area (Å²) in [6.45, 7) is 5.42. The highest BCUT2D eigenvalue weighted by Gasteiger charge is 2.24. The van der Waals surface area contributed by atoms with Crippen LogP contribution in [0, 0.1) is 7.14 Å². The summed E-state index contributed by atoms with van der Waals surface area (Å²) in [4.78, 5) is 24.8. The molecular weight excluding hydrogens is 640 g/mol. The van der Waals surface area contributed by atoms with Crippen LogP contribution in [0.15, 0.2) is 47.6 Å². The Morgan fingerprint density at radius 1 is 1.16 bits per heavy atom. The first-order valence-corrected chi connectivity index (χ1v) is 11.8. The van der Waals surface area contributed by atoms with Crippen molar-refractivity contribution >= 4 is 63.4 Å². The zero-order valence-electron chi connectivity index (χ0n) is 17.9. The molecule has 172 valence electrons. The Labute approximate surface area is 214 Å². The number of alkyl carbamates (subject to hydrolysis) is 1. The molecule has 0 saturated carbocycles. The number of benzene rings is 2. The minimum Gasteiger partial charge on any atom is -0.506 e. The molecule has 2 amide bonds. The molecule has 0 fully saturated rings. The van der Waals surface area contributed by atoms with Crippen LogP contribution in [-0.2, 0) is 20.9 Å². The first kappa shape index (κ1) is 26.3. The number of phenols is 1. The molecule has 0 bridgehead atoms. The van der Waals surface area contributed by atoms with Crippen LogP contribution in [0.4, 0.5) is 4.79 Å². The van der Waals surface area contributed by atoms with Crippen LogP contribution in [0.5, 0.6) is 5.75 Å². The van der Waals surface area contributed by atoms with Crippen molar-refractivity contribution in [2.24, 2.45) is 5.10 Å². The Morgan fingerprint density at radius 3 is 2.38 bits per heavy atom. The summed E-state index contributed by atoms with van der Waals surface area (Å²) >= 11 is 4.03. The van der Waals surface area contributed by atoms with Gasteiger partial charge in [0.15, 0.2) is 0 Å². The summed E-state index contributed by atoms with van der Waals surface area (Å²) < 4.78 is 12.2. The summed E-state index contributed by atoms with van der Waals surface area (Å²) in [5, 5.41) is 16.3. The Kier molecular flexibility index (Phi) is 10.2. The SMILES string of the molecule is CC(C)(C)OC(=O)N[C@@H](COCc1ccccc1)C(=O)N/N=C\c1cc(I)c(O)c(I)c1. The monoisotopic (exact) mass is 665 g/mol. The van der Waals surface area contributed by atoms with E-state index in [2.05, 4.69) is 15.8 Å². The molecule has 8 nitrogen and oxygen atoms in total. The third kappa shape index (κ3) is 9.28. The van der Waals surface area contributed by atoms with Gasteiger partial charge in [-0.2, -0.15) is 5.10 Å². The maximum absolute atomic E-state index is 12.6. The number of hydrogen-bond acceptors (Lipinski definition) is 6. The lowest BCUT2D eigenvalue weighted by Gasteiger charge is -2.22. The van der Waals surface area contributed by atoms with Gasteiger partial charge in [0.2, 0.25) is 0 Å². The Hall–Kier alpha value is -1.93. The van der Waals surface area contributed by atoms with Gasteiger partial charge in [-0.15, -0.1) is 0 Å². The van der Waals surface area contributed by atoms with Crippen molar-refractivity contribution in [2.75, 3.05) is 6.61 Å². The maximum atomic E-state index is 12.6. The molecular formula is C22H25I2N3O5. The van der Waals surface area contributed by atoms with E-state index >= 15 is 0 Å². The Morgan fingerprint density at radius 2 is 1.78 bits per heavy atom. The van der Waals surface area contributed by atoms with Gasteiger partial charge in [-0.25, -0.2) is 10.2 Å². The lowest BCUT2D eigenvalue weighted by Crippen LogP contribution is -2.49. The number of rotatable bonds is 8. The van der Waals surface area contributed by atoms with E-state index in [1.807, 2.05) is 75.5 Å². The van der Waals surface area contributed by atoms with Gasteiger partial charge in [0.1, 0.15) is 17.4 Å². The van der Waals surface area contributed by atoms with Gasteiger partial charge >= 0.3 is 6.09 Å². The molecule has 32 heavy (non-hydrogen) atoms. The molecule has 2 aromatic carbocycles. The predicted octanol–water partition coefficient (Wildman–Crippen LogP) is 4.16. The van der Waals surface area contributed by atoms with Crippen molar-refractivity contribution in [3.05, 3.63) is 60.7 Å². The number of hydrazone groups is 1. The average Bonchev–Trinajstić information content (AvgIpc) is 2.70. The summed E-state index contributed by atoms with van der Waals surface area (Å²) in [6.07, 6.45) is 0.726. The smallest absolute Gasteiger partial charge is 0.408 e.